The molecule has 2 N–H and O–H groups in total. The zero-order valence-corrected chi connectivity index (χ0v) is 19.5. The highest BCUT2D eigenvalue weighted by Crippen LogP contribution is 2.36. The molecule has 0 aliphatic carbocycles. The number of carbonyl (C=O) groups is 2. The Morgan fingerprint density at radius 3 is 2.66 bits per heavy atom. The third kappa shape index (κ3) is 5.36. The lowest BCUT2D eigenvalue weighted by molar-refractivity contribution is 0.0143. The number of aliphatic hydroxyl groups excluding tert-OH is 1. The standard InChI is InChI=1S/C22H29N3O6S/c1-13-16(12-26)32-19(23-13)18(25-11-15(20(28)29)7-8-17(25)27)14-6-5-9-24(10-14)21(30)31-22(2,3)4/h7-8,11,14,18,26H,5-6,9-10,12H2,1-4H3,(H,28,29)/t14-,18+/m0/s1. The lowest BCUT2D eigenvalue weighted by Gasteiger charge is -2.37. The molecule has 32 heavy (non-hydrogen) atoms. The Balaban J connectivity index is 2.03. The summed E-state index contributed by atoms with van der Waals surface area (Å²) in [5.41, 5.74) is -0.323. The number of hydrogen-bond acceptors (Lipinski definition) is 7. The summed E-state index contributed by atoms with van der Waals surface area (Å²) in [5.74, 6) is -1.32. The second-order valence-corrected chi connectivity index (χ2v) is 10.1. The number of hydrogen-bond donors (Lipinski definition) is 2. The van der Waals surface area contributed by atoms with E-state index >= 15 is 0 Å². The highest BCUT2D eigenvalue weighted by molar-refractivity contribution is 7.11. The van der Waals surface area contributed by atoms with E-state index in [9.17, 15) is 24.6 Å². The average molecular weight is 464 g/mol. The number of likely N-dealkylation sites (tertiary alicyclic amines) is 1. The largest absolute Gasteiger partial charge is 0.478 e. The molecule has 2 atom stereocenters. The first-order valence-electron chi connectivity index (χ1n) is 10.5. The van der Waals surface area contributed by atoms with Crippen LogP contribution in [0.2, 0.25) is 0 Å². The zero-order chi connectivity index (χ0) is 23.6. The van der Waals surface area contributed by atoms with Crippen molar-refractivity contribution in [3.63, 3.8) is 0 Å². The molecule has 2 aromatic rings. The van der Waals surface area contributed by atoms with Crippen LogP contribution in [-0.2, 0) is 11.3 Å². The molecule has 1 aliphatic heterocycles. The molecule has 9 nitrogen and oxygen atoms in total. The van der Waals surface area contributed by atoms with Gasteiger partial charge in [0.05, 0.1) is 28.8 Å². The molecule has 0 saturated carbocycles. The predicted molar refractivity (Wildman–Crippen MR) is 119 cm³/mol. The minimum atomic E-state index is -1.14. The number of ether oxygens (including phenoxy) is 1. The van der Waals surface area contributed by atoms with E-state index in [2.05, 4.69) is 4.98 Å². The molecule has 1 aliphatic rings. The SMILES string of the molecule is Cc1nc([C@@H]([C@H]2CCCN(C(=O)OC(C)(C)C)C2)n2cc(C(=O)O)ccc2=O)sc1CO. The van der Waals surface area contributed by atoms with Crippen LogP contribution in [0.4, 0.5) is 4.79 Å². The van der Waals surface area contributed by atoms with E-state index in [1.54, 1.807) is 32.6 Å². The Morgan fingerprint density at radius 1 is 1.34 bits per heavy atom. The van der Waals surface area contributed by atoms with Crippen LogP contribution in [0.3, 0.4) is 0 Å². The van der Waals surface area contributed by atoms with Crippen molar-refractivity contribution in [2.24, 2.45) is 5.92 Å². The van der Waals surface area contributed by atoms with Crippen LogP contribution in [0.5, 0.6) is 0 Å². The molecule has 2 aromatic heterocycles. The first-order valence-corrected chi connectivity index (χ1v) is 11.3. The van der Waals surface area contributed by atoms with E-state index < -0.39 is 23.7 Å². The summed E-state index contributed by atoms with van der Waals surface area (Å²) in [6.45, 7) is 7.92. The van der Waals surface area contributed by atoms with E-state index in [0.717, 1.165) is 6.42 Å². The summed E-state index contributed by atoms with van der Waals surface area (Å²) in [7, 11) is 0. The predicted octanol–water partition coefficient (Wildman–Crippen LogP) is 3.04. The van der Waals surface area contributed by atoms with Crippen LogP contribution in [0.1, 0.15) is 65.6 Å². The van der Waals surface area contributed by atoms with Crippen molar-refractivity contribution in [2.45, 2.75) is 58.8 Å². The van der Waals surface area contributed by atoms with E-state index in [4.69, 9.17) is 4.74 Å². The molecule has 0 unspecified atom stereocenters. The number of nitrogens with zero attached hydrogens (tertiary/aromatic N) is 3. The van der Waals surface area contributed by atoms with Crippen LogP contribution < -0.4 is 5.56 Å². The first-order chi connectivity index (χ1) is 15.0. The van der Waals surface area contributed by atoms with E-state index in [1.807, 2.05) is 0 Å². The summed E-state index contributed by atoms with van der Waals surface area (Å²) < 4.78 is 6.92. The maximum atomic E-state index is 12.8. The topological polar surface area (TPSA) is 122 Å². The highest BCUT2D eigenvalue weighted by Gasteiger charge is 2.35. The monoisotopic (exact) mass is 463 g/mol. The van der Waals surface area contributed by atoms with Gasteiger partial charge in [-0.1, -0.05) is 0 Å². The van der Waals surface area contributed by atoms with E-state index in [0.29, 0.717) is 35.1 Å². The van der Waals surface area contributed by atoms with Gasteiger partial charge in [-0.3, -0.25) is 4.79 Å². The number of aryl methyl sites for hydroxylation is 1. The van der Waals surface area contributed by atoms with Gasteiger partial charge in [0.1, 0.15) is 10.6 Å². The van der Waals surface area contributed by atoms with Crippen molar-refractivity contribution < 1.29 is 24.5 Å². The Labute approximate surface area is 190 Å². The molecular weight excluding hydrogens is 434 g/mol. The molecule has 0 bridgehead atoms. The Hall–Kier alpha value is -2.72. The first kappa shape index (κ1) is 23.9. The smallest absolute Gasteiger partial charge is 0.410 e. The van der Waals surface area contributed by atoms with Crippen LogP contribution in [0, 0.1) is 12.8 Å². The fraction of sp³-hybridized carbons (Fsp3) is 0.545. The van der Waals surface area contributed by atoms with E-state index in [-0.39, 0.29) is 23.6 Å². The number of carbonyl (C=O) groups excluding carboxylic acids is 1. The van der Waals surface area contributed by atoms with Gasteiger partial charge < -0.3 is 24.4 Å². The second kappa shape index (κ2) is 9.41. The summed E-state index contributed by atoms with van der Waals surface area (Å²) >= 11 is 1.30. The number of carboxylic acids is 1. The van der Waals surface area contributed by atoms with Crippen molar-refractivity contribution in [3.05, 3.63) is 49.8 Å². The maximum absolute atomic E-state index is 12.8. The van der Waals surface area contributed by atoms with Gasteiger partial charge in [-0.15, -0.1) is 11.3 Å². The summed E-state index contributed by atoms with van der Waals surface area (Å²) in [6.07, 6.45) is 2.35. The summed E-state index contributed by atoms with van der Waals surface area (Å²) in [4.78, 5) is 44.0. The van der Waals surface area contributed by atoms with Crippen LogP contribution in [0.25, 0.3) is 0 Å². The third-order valence-corrected chi connectivity index (χ3v) is 6.56. The maximum Gasteiger partial charge on any atom is 0.410 e. The Morgan fingerprint density at radius 2 is 2.06 bits per heavy atom. The molecular formula is C22H29N3O6S. The van der Waals surface area contributed by atoms with Gasteiger partial charge in [0.2, 0.25) is 0 Å². The number of amides is 1. The Bertz CT molecular complexity index is 1050. The fourth-order valence-electron chi connectivity index (χ4n) is 3.88. The number of pyridine rings is 1. The lowest BCUT2D eigenvalue weighted by Crippen LogP contribution is -2.45. The van der Waals surface area contributed by atoms with Crippen molar-refractivity contribution in [3.8, 4) is 0 Å². The van der Waals surface area contributed by atoms with Gasteiger partial charge in [-0.25, -0.2) is 14.6 Å². The van der Waals surface area contributed by atoms with Gasteiger partial charge in [0, 0.05) is 31.3 Å². The molecule has 10 heteroatoms. The van der Waals surface area contributed by atoms with Gasteiger partial charge in [-0.2, -0.15) is 0 Å². The minimum absolute atomic E-state index is 0.00920. The summed E-state index contributed by atoms with van der Waals surface area (Å²) in [5, 5.41) is 19.7. The zero-order valence-electron chi connectivity index (χ0n) is 18.7. The van der Waals surface area contributed by atoms with Gasteiger partial charge in [0.25, 0.3) is 5.56 Å². The normalized spacial score (nSPS) is 17.8. The number of piperidine rings is 1. The molecule has 1 fully saturated rings. The van der Waals surface area contributed by atoms with E-state index in [1.165, 1.54) is 34.2 Å². The number of aliphatic hydroxyl groups is 1. The molecule has 1 amide bonds. The molecule has 1 saturated heterocycles. The minimum Gasteiger partial charge on any atom is -0.478 e. The molecule has 0 radical (unpaired) electrons. The third-order valence-electron chi connectivity index (χ3n) is 5.35. The number of carboxylic acid groups (broad SMARTS) is 1. The molecule has 0 spiro atoms. The number of thiazole rings is 1. The molecule has 0 aromatic carbocycles. The van der Waals surface area contributed by atoms with Crippen LogP contribution in [0.15, 0.2) is 23.1 Å². The number of aromatic carboxylic acids is 1. The number of rotatable bonds is 5. The van der Waals surface area contributed by atoms with Gasteiger partial charge in [-0.05, 0) is 46.6 Å². The van der Waals surface area contributed by atoms with Crippen LogP contribution in [-0.4, -0.2) is 55.4 Å². The molecule has 3 rings (SSSR count). The summed E-state index contributed by atoms with van der Waals surface area (Å²) in [6, 6.07) is 1.94. The lowest BCUT2D eigenvalue weighted by atomic mass is 9.90. The molecule has 3 heterocycles. The van der Waals surface area contributed by atoms with Gasteiger partial charge in [0.15, 0.2) is 0 Å². The van der Waals surface area contributed by atoms with Crippen molar-refractivity contribution in [1.82, 2.24) is 14.5 Å². The molecule has 174 valence electrons. The fourth-order valence-corrected chi connectivity index (χ4v) is 5.00. The second-order valence-electron chi connectivity index (χ2n) is 8.96. The van der Waals surface area contributed by atoms with Crippen molar-refractivity contribution in [2.75, 3.05) is 13.1 Å². The Kier molecular flexibility index (Phi) is 7.04. The quantitative estimate of drug-likeness (QED) is 0.699. The van der Waals surface area contributed by atoms with Crippen molar-refractivity contribution in [1.29, 1.82) is 0 Å². The number of aromatic nitrogens is 2. The highest BCUT2D eigenvalue weighted by atomic mass is 32.1. The van der Waals surface area contributed by atoms with Crippen molar-refractivity contribution >= 4 is 23.4 Å². The van der Waals surface area contributed by atoms with Gasteiger partial charge >= 0.3 is 12.1 Å². The van der Waals surface area contributed by atoms with Crippen LogP contribution >= 0.6 is 11.3 Å². The average Bonchev–Trinajstić information content (AvgIpc) is 3.08.